The lowest BCUT2D eigenvalue weighted by Gasteiger charge is -2.33. The van der Waals surface area contributed by atoms with Crippen LogP contribution in [0, 0.1) is 0 Å². The number of amides is 1. The summed E-state index contributed by atoms with van der Waals surface area (Å²) in [5.41, 5.74) is 0. The first kappa shape index (κ1) is 9.97. The summed E-state index contributed by atoms with van der Waals surface area (Å²) in [5, 5.41) is 8.75. The fourth-order valence-corrected chi connectivity index (χ4v) is 1.76. The number of aliphatic hydroxyl groups excluding tert-OH is 1. The molecular weight excluding hydrogens is 202 g/mol. The molecule has 6 nitrogen and oxygen atoms in total. The topological polar surface area (TPSA) is 76.1 Å². The van der Waals surface area contributed by atoms with Gasteiger partial charge in [-0.1, -0.05) is 0 Å². The van der Waals surface area contributed by atoms with Crippen LogP contribution in [0.15, 0.2) is 11.8 Å². The molecule has 2 aliphatic rings. The summed E-state index contributed by atoms with van der Waals surface area (Å²) in [6.07, 6.45) is 1.27. The zero-order valence-corrected chi connectivity index (χ0v) is 8.17. The second-order valence-corrected chi connectivity index (χ2v) is 3.29. The van der Waals surface area contributed by atoms with Crippen LogP contribution in [-0.4, -0.2) is 47.9 Å². The van der Waals surface area contributed by atoms with Gasteiger partial charge in [0.05, 0.1) is 20.1 Å². The normalized spacial score (nSPS) is 30.9. The van der Waals surface area contributed by atoms with Crippen molar-refractivity contribution in [3.8, 4) is 0 Å². The van der Waals surface area contributed by atoms with Gasteiger partial charge >= 0.3 is 5.97 Å². The fourth-order valence-electron chi connectivity index (χ4n) is 1.76. The third-order valence-electron chi connectivity index (χ3n) is 2.48. The third kappa shape index (κ3) is 1.37. The molecule has 1 N–H and O–H groups in total. The van der Waals surface area contributed by atoms with E-state index >= 15 is 0 Å². The number of methoxy groups -OCH3 is 1. The van der Waals surface area contributed by atoms with E-state index in [1.807, 2.05) is 0 Å². The van der Waals surface area contributed by atoms with Crippen molar-refractivity contribution < 1.29 is 24.2 Å². The maximum absolute atomic E-state index is 11.4. The van der Waals surface area contributed by atoms with Crippen LogP contribution >= 0.6 is 0 Å². The number of ether oxygens (including phenoxy) is 2. The molecule has 0 bridgehead atoms. The largest absolute Gasteiger partial charge is 0.472 e. The van der Waals surface area contributed by atoms with Crippen LogP contribution in [0.3, 0.4) is 0 Å². The van der Waals surface area contributed by atoms with Gasteiger partial charge in [0.25, 0.3) is 0 Å². The van der Waals surface area contributed by atoms with E-state index in [0.29, 0.717) is 5.76 Å². The van der Waals surface area contributed by atoms with Gasteiger partial charge in [0, 0.05) is 0 Å². The van der Waals surface area contributed by atoms with Gasteiger partial charge in [0.1, 0.15) is 5.76 Å². The van der Waals surface area contributed by atoms with Crippen molar-refractivity contribution >= 4 is 11.9 Å². The molecule has 82 valence electrons. The van der Waals surface area contributed by atoms with Gasteiger partial charge in [0.15, 0.2) is 12.3 Å². The summed E-state index contributed by atoms with van der Waals surface area (Å²) < 4.78 is 9.89. The molecule has 0 radical (unpaired) electrons. The minimum absolute atomic E-state index is 0.142. The second-order valence-electron chi connectivity index (χ2n) is 3.29. The van der Waals surface area contributed by atoms with Gasteiger partial charge in [-0.15, -0.1) is 0 Å². The summed E-state index contributed by atoms with van der Waals surface area (Å²) in [6.45, 7) is -0.239. The number of hydrogen-bond acceptors (Lipinski definition) is 5. The van der Waals surface area contributed by atoms with Crippen molar-refractivity contribution in [2.45, 2.75) is 18.7 Å². The molecule has 0 aromatic heterocycles. The number of nitrogens with zero attached hydrogens (tertiary/aromatic N) is 1. The highest BCUT2D eigenvalue weighted by Gasteiger charge is 2.53. The van der Waals surface area contributed by atoms with Crippen LogP contribution in [0.5, 0.6) is 0 Å². The minimum Gasteiger partial charge on any atom is -0.472 e. The van der Waals surface area contributed by atoms with E-state index in [2.05, 4.69) is 4.74 Å². The third-order valence-corrected chi connectivity index (χ3v) is 2.48. The first-order valence-electron chi connectivity index (χ1n) is 4.55. The lowest BCUT2D eigenvalue weighted by atomic mass is 10.1. The Labute approximate surface area is 86.1 Å². The molecule has 0 unspecified atom stereocenters. The monoisotopic (exact) mass is 213 g/mol. The van der Waals surface area contributed by atoms with Crippen molar-refractivity contribution in [3.63, 3.8) is 0 Å². The van der Waals surface area contributed by atoms with E-state index in [1.165, 1.54) is 18.1 Å². The van der Waals surface area contributed by atoms with Crippen LogP contribution in [-0.2, 0) is 19.1 Å². The van der Waals surface area contributed by atoms with Crippen LogP contribution < -0.4 is 0 Å². The van der Waals surface area contributed by atoms with Crippen molar-refractivity contribution in [2.75, 3.05) is 13.7 Å². The fraction of sp³-hybridized carbons (Fsp3) is 0.556. The van der Waals surface area contributed by atoms with Gasteiger partial charge in [-0.3, -0.25) is 9.69 Å². The van der Waals surface area contributed by atoms with Gasteiger partial charge in [-0.2, -0.15) is 0 Å². The molecule has 2 atom stereocenters. The number of aliphatic hydroxyl groups is 1. The molecule has 15 heavy (non-hydrogen) atoms. The molecule has 0 spiro atoms. The Morgan fingerprint density at radius 1 is 1.80 bits per heavy atom. The molecule has 6 heteroatoms. The first-order chi connectivity index (χ1) is 7.19. The molecular formula is C9H11NO5. The molecule has 2 rings (SSSR count). The van der Waals surface area contributed by atoms with Crippen LogP contribution in [0.1, 0.15) is 6.42 Å². The Bertz CT molecular complexity index is 337. The highest BCUT2D eigenvalue weighted by Crippen LogP contribution is 2.36. The number of β-lactam (4-membered cyclic amide) rings is 1. The standard InChI is InChI=1S/C9H11NO5/c1-14-9(13)8-5(2-3-11)15-7-4-6(12)10(7)8/h2,7-8,11H,3-4H2,1H3/b5-2+/t7-,8-/m1/s1. The Morgan fingerprint density at radius 3 is 3.07 bits per heavy atom. The van der Waals surface area contributed by atoms with Crippen molar-refractivity contribution in [1.29, 1.82) is 0 Å². The average molecular weight is 213 g/mol. The molecule has 0 aliphatic carbocycles. The molecule has 0 aromatic carbocycles. The van der Waals surface area contributed by atoms with Crippen LogP contribution in [0.2, 0.25) is 0 Å². The maximum Gasteiger partial charge on any atom is 0.336 e. The molecule has 0 saturated carbocycles. The lowest BCUT2D eigenvalue weighted by molar-refractivity contribution is -0.164. The highest BCUT2D eigenvalue weighted by atomic mass is 16.6. The van der Waals surface area contributed by atoms with Gasteiger partial charge < -0.3 is 14.6 Å². The molecule has 2 saturated heterocycles. The quantitative estimate of drug-likeness (QED) is 0.470. The van der Waals surface area contributed by atoms with E-state index in [1.54, 1.807) is 0 Å². The Hall–Kier alpha value is -1.56. The van der Waals surface area contributed by atoms with Gasteiger partial charge in [0.2, 0.25) is 5.91 Å². The van der Waals surface area contributed by atoms with Crippen molar-refractivity contribution in [3.05, 3.63) is 11.8 Å². The average Bonchev–Trinajstić information content (AvgIpc) is 2.50. The Balaban J connectivity index is 2.24. The van der Waals surface area contributed by atoms with E-state index < -0.39 is 12.0 Å². The molecule has 2 fully saturated rings. The van der Waals surface area contributed by atoms with Gasteiger partial charge in [-0.05, 0) is 6.08 Å². The Morgan fingerprint density at radius 2 is 2.53 bits per heavy atom. The van der Waals surface area contributed by atoms with Crippen molar-refractivity contribution in [2.24, 2.45) is 0 Å². The lowest BCUT2D eigenvalue weighted by Crippen LogP contribution is -2.55. The van der Waals surface area contributed by atoms with Crippen LogP contribution in [0.4, 0.5) is 0 Å². The van der Waals surface area contributed by atoms with E-state index in [4.69, 9.17) is 9.84 Å². The second kappa shape index (κ2) is 3.54. The predicted molar refractivity (Wildman–Crippen MR) is 47.3 cm³/mol. The number of carbonyl (C=O) groups is 2. The maximum atomic E-state index is 11.4. The molecule has 0 aromatic rings. The number of rotatable bonds is 2. The highest BCUT2D eigenvalue weighted by molar-refractivity contribution is 5.91. The number of carbonyl (C=O) groups excluding carboxylic acids is 2. The molecule has 1 amide bonds. The summed E-state index contributed by atoms with van der Waals surface area (Å²) in [5.74, 6) is -0.401. The number of esters is 1. The molecule has 2 heterocycles. The van der Waals surface area contributed by atoms with E-state index in [0.717, 1.165) is 0 Å². The summed E-state index contributed by atoms with van der Waals surface area (Å²) >= 11 is 0. The Kier molecular flexibility index (Phi) is 2.36. The summed E-state index contributed by atoms with van der Waals surface area (Å²) in [4.78, 5) is 24.0. The predicted octanol–water partition coefficient (Wildman–Crippen LogP) is -1.01. The van der Waals surface area contributed by atoms with Crippen molar-refractivity contribution in [1.82, 2.24) is 4.90 Å². The minimum atomic E-state index is -0.826. The zero-order valence-electron chi connectivity index (χ0n) is 8.17. The zero-order chi connectivity index (χ0) is 11.0. The van der Waals surface area contributed by atoms with E-state index in [9.17, 15) is 9.59 Å². The van der Waals surface area contributed by atoms with Gasteiger partial charge in [-0.25, -0.2) is 4.79 Å². The number of fused-ring (bicyclic) bond motifs is 1. The van der Waals surface area contributed by atoms with Crippen LogP contribution in [0.25, 0.3) is 0 Å². The summed E-state index contributed by atoms with van der Waals surface area (Å²) in [6, 6.07) is -0.826. The smallest absolute Gasteiger partial charge is 0.336 e. The first-order valence-corrected chi connectivity index (χ1v) is 4.55. The molecule has 2 aliphatic heterocycles. The summed E-state index contributed by atoms with van der Waals surface area (Å²) in [7, 11) is 1.25. The van der Waals surface area contributed by atoms with E-state index in [-0.39, 0.29) is 25.2 Å². The number of hydrogen-bond donors (Lipinski definition) is 1. The SMILES string of the molecule is COC(=O)[C@H]1/C(=C\CO)O[C@@H]2CC(=O)N21.